The molecule has 1 unspecified atom stereocenters. The first-order valence-electron chi connectivity index (χ1n) is 5.96. The third-order valence-corrected chi connectivity index (χ3v) is 3.40. The van der Waals surface area contributed by atoms with Gasteiger partial charge in [-0.15, -0.1) is 0 Å². The number of nitrogens with two attached hydrogens (primary N) is 1. The van der Waals surface area contributed by atoms with Gasteiger partial charge in [-0.1, -0.05) is 12.2 Å². The minimum Gasteiger partial charge on any atom is -0.389 e. The summed E-state index contributed by atoms with van der Waals surface area (Å²) in [4.78, 5) is 13.6. The average Bonchev–Trinajstić information content (AvgIpc) is 2.34. The SMILES string of the molecule is CN1CC(Nc2ccc(C(N)=S)cc2)CCC1=O. The fraction of sp³-hybridized carbons (Fsp3) is 0.385. The molecule has 1 atom stereocenters. The van der Waals surface area contributed by atoms with Crippen LogP contribution in [0.4, 0.5) is 5.69 Å². The number of benzene rings is 1. The summed E-state index contributed by atoms with van der Waals surface area (Å²) in [5.41, 5.74) is 7.45. The van der Waals surface area contributed by atoms with Crippen LogP contribution in [-0.4, -0.2) is 35.4 Å². The van der Waals surface area contributed by atoms with Crippen molar-refractivity contribution in [3.05, 3.63) is 29.8 Å². The van der Waals surface area contributed by atoms with Crippen LogP contribution in [0, 0.1) is 0 Å². The number of likely N-dealkylation sites (tertiary alicyclic amines) is 1. The quantitative estimate of drug-likeness (QED) is 0.808. The number of carbonyl (C=O) groups excluding carboxylic acids is 1. The molecule has 0 bridgehead atoms. The first-order chi connectivity index (χ1) is 8.56. The summed E-state index contributed by atoms with van der Waals surface area (Å²) < 4.78 is 0. The van der Waals surface area contributed by atoms with Gasteiger partial charge in [0, 0.05) is 37.3 Å². The molecule has 1 fully saturated rings. The fourth-order valence-electron chi connectivity index (χ4n) is 2.10. The Labute approximate surface area is 112 Å². The molecule has 1 aromatic rings. The molecular weight excluding hydrogens is 246 g/mol. The first-order valence-corrected chi connectivity index (χ1v) is 6.37. The van der Waals surface area contributed by atoms with Crippen LogP contribution in [0.25, 0.3) is 0 Å². The highest BCUT2D eigenvalue weighted by Crippen LogP contribution is 2.16. The lowest BCUT2D eigenvalue weighted by atomic mass is 10.1. The monoisotopic (exact) mass is 263 g/mol. The molecule has 0 spiro atoms. The number of hydrogen-bond donors (Lipinski definition) is 2. The maximum atomic E-state index is 11.4. The lowest BCUT2D eigenvalue weighted by Gasteiger charge is -2.30. The Kier molecular flexibility index (Phi) is 3.81. The number of thiocarbonyl (C=S) groups is 1. The predicted octanol–water partition coefficient (Wildman–Crippen LogP) is 1.35. The third kappa shape index (κ3) is 2.98. The largest absolute Gasteiger partial charge is 0.389 e. The molecular formula is C13H17N3OS. The van der Waals surface area contributed by atoms with E-state index in [2.05, 4.69) is 5.32 Å². The molecule has 0 radical (unpaired) electrons. The molecule has 1 heterocycles. The molecule has 0 aromatic heterocycles. The number of hydrogen-bond acceptors (Lipinski definition) is 3. The highest BCUT2D eigenvalue weighted by Gasteiger charge is 2.22. The van der Waals surface area contributed by atoms with E-state index < -0.39 is 0 Å². The van der Waals surface area contributed by atoms with E-state index in [4.69, 9.17) is 18.0 Å². The molecule has 96 valence electrons. The van der Waals surface area contributed by atoms with Gasteiger partial charge in [0.15, 0.2) is 0 Å². The zero-order chi connectivity index (χ0) is 13.1. The lowest BCUT2D eigenvalue weighted by molar-refractivity contribution is -0.132. The Hall–Kier alpha value is -1.62. The number of amides is 1. The lowest BCUT2D eigenvalue weighted by Crippen LogP contribution is -2.43. The van der Waals surface area contributed by atoms with Crippen LogP contribution >= 0.6 is 12.2 Å². The highest BCUT2D eigenvalue weighted by atomic mass is 32.1. The van der Waals surface area contributed by atoms with E-state index in [9.17, 15) is 4.79 Å². The van der Waals surface area contributed by atoms with Gasteiger partial charge in [0.2, 0.25) is 5.91 Å². The van der Waals surface area contributed by atoms with Gasteiger partial charge in [0.25, 0.3) is 0 Å². The summed E-state index contributed by atoms with van der Waals surface area (Å²) in [6, 6.07) is 8.05. The number of nitrogens with one attached hydrogen (secondary N) is 1. The van der Waals surface area contributed by atoms with Gasteiger partial charge in [0.05, 0.1) is 0 Å². The van der Waals surface area contributed by atoms with Crippen LogP contribution in [0.2, 0.25) is 0 Å². The van der Waals surface area contributed by atoms with Gasteiger partial charge < -0.3 is 16.0 Å². The van der Waals surface area contributed by atoms with Crippen LogP contribution in [0.5, 0.6) is 0 Å². The molecule has 1 amide bonds. The molecule has 2 rings (SSSR count). The van der Waals surface area contributed by atoms with Crippen molar-refractivity contribution >= 4 is 28.8 Å². The Morgan fingerprint density at radius 2 is 2.11 bits per heavy atom. The van der Waals surface area contributed by atoms with Crippen molar-refractivity contribution in [2.45, 2.75) is 18.9 Å². The molecule has 5 heteroatoms. The topological polar surface area (TPSA) is 58.4 Å². The van der Waals surface area contributed by atoms with Crippen LogP contribution in [-0.2, 0) is 4.79 Å². The van der Waals surface area contributed by atoms with Crippen molar-refractivity contribution in [2.24, 2.45) is 5.73 Å². The van der Waals surface area contributed by atoms with Crippen molar-refractivity contribution in [1.29, 1.82) is 0 Å². The van der Waals surface area contributed by atoms with Crippen LogP contribution in [0.15, 0.2) is 24.3 Å². The number of piperidine rings is 1. The molecule has 4 nitrogen and oxygen atoms in total. The summed E-state index contributed by atoms with van der Waals surface area (Å²) in [7, 11) is 1.84. The number of likely N-dealkylation sites (N-methyl/N-ethyl adjacent to an activating group) is 1. The summed E-state index contributed by atoms with van der Waals surface area (Å²) >= 11 is 4.91. The molecule has 1 aliphatic rings. The standard InChI is InChI=1S/C13H17N3OS/c1-16-8-11(6-7-12(16)17)15-10-4-2-9(3-5-10)13(14)18/h2-5,11,15H,6-8H2,1H3,(H2,14,18). The average molecular weight is 263 g/mol. The molecule has 3 N–H and O–H groups in total. The second kappa shape index (κ2) is 5.35. The minimum absolute atomic E-state index is 0.219. The van der Waals surface area contributed by atoms with Crippen LogP contribution < -0.4 is 11.1 Å². The summed E-state index contributed by atoms with van der Waals surface area (Å²) in [6.07, 6.45) is 1.49. The van der Waals surface area contributed by atoms with Gasteiger partial charge in [0.1, 0.15) is 4.99 Å². The molecule has 1 aromatic carbocycles. The Morgan fingerprint density at radius 1 is 1.44 bits per heavy atom. The van der Waals surface area contributed by atoms with E-state index in [0.717, 1.165) is 24.2 Å². The van der Waals surface area contributed by atoms with Crippen molar-refractivity contribution in [2.75, 3.05) is 18.9 Å². The molecule has 0 aliphatic carbocycles. The van der Waals surface area contributed by atoms with Gasteiger partial charge in [-0.05, 0) is 30.7 Å². The molecule has 0 saturated carbocycles. The number of carbonyl (C=O) groups is 1. The van der Waals surface area contributed by atoms with Crippen molar-refractivity contribution in [1.82, 2.24) is 4.90 Å². The van der Waals surface area contributed by atoms with Gasteiger partial charge in [-0.3, -0.25) is 4.79 Å². The van der Waals surface area contributed by atoms with Gasteiger partial charge >= 0.3 is 0 Å². The minimum atomic E-state index is 0.219. The second-order valence-corrected chi connectivity index (χ2v) is 5.04. The van der Waals surface area contributed by atoms with E-state index in [-0.39, 0.29) is 5.91 Å². The van der Waals surface area contributed by atoms with Gasteiger partial charge in [-0.2, -0.15) is 0 Å². The Morgan fingerprint density at radius 3 is 2.67 bits per heavy atom. The third-order valence-electron chi connectivity index (χ3n) is 3.17. The maximum absolute atomic E-state index is 11.4. The van der Waals surface area contributed by atoms with E-state index in [1.165, 1.54) is 0 Å². The Balaban J connectivity index is 1.97. The fourth-order valence-corrected chi connectivity index (χ4v) is 2.23. The summed E-state index contributed by atoms with van der Waals surface area (Å²) in [5.74, 6) is 0.219. The second-order valence-electron chi connectivity index (χ2n) is 4.60. The van der Waals surface area contributed by atoms with Crippen LogP contribution in [0.1, 0.15) is 18.4 Å². The number of rotatable bonds is 3. The summed E-state index contributed by atoms with van der Waals surface area (Å²) in [6.45, 7) is 0.746. The van der Waals surface area contributed by atoms with Crippen molar-refractivity contribution < 1.29 is 4.79 Å². The van der Waals surface area contributed by atoms with Crippen molar-refractivity contribution in [3.63, 3.8) is 0 Å². The summed E-state index contributed by atoms with van der Waals surface area (Å²) in [5, 5.41) is 3.42. The maximum Gasteiger partial charge on any atom is 0.222 e. The molecule has 18 heavy (non-hydrogen) atoms. The number of anilines is 1. The van der Waals surface area contributed by atoms with E-state index in [1.807, 2.05) is 31.3 Å². The highest BCUT2D eigenvalue weighted by molar-refractivity contribution is 7.80. The molecule has 1 saturated heterocycles. The number of nitrogens with zero attached hydrogens (tertiary/aromatic N) is 1. The first kappa shape index (κ1) is 12.8. The normalized spacial score (nSPS) is 19.7. The van der Waals surface area contributed by atoms with E-state index >= 15 is 0 Å². The predicted molar refractivity (Wildman–Crippen MR) is 76.6 cm³/mol. The smallest absolute Gasteiger partial charge is 0.222 e. The van der Waals surface area contributed by atoms with E-state index in [1.54, 1.807) is 4.90 Å². The van der Waals surface area contributed by atoms with Crippen LogP contribution in [0.3, 0.4) is 0 Å². The van der Waals surface area contributed by atoms with E-state index in [0.29, 0.717) is 17.5 Å². The Bertz CT molecular complexity index is 458. The zero-order valence-electron chi connectivity index (χ0n) is 10.3. The van der Waals surface area contributed by atoms with Crippen molar-refractivity contribution in [3.8, 4) is 0 Å². The molecule has 1 aliphatic heterocycles. The zero-order valence-corrected chi connectivity index (χ0v) is 11.2. The van der Waals surface area contributed by atoms with Gasteiger partial charge in [-0.25, -0.2) is 0 Å².